The van der Waals surface area contributed by atoms with Crippen LogP contribution in [0.4, 0.5) is 11.4 Å². The van der Waals surface area contributed by atoms with Crippen LogP contribution in [-0.2, 0) is 0 Å². The summed E-state index contributed by atoms with van der Waals surface area (Å²) in [5, 5.41) is 10.9. The van der Waals surface area contributed by atoms with Crippen molar-refractivity contribution in [1.29, 1.82) is 5.41 Å². The Morgan fingerprint density at radius 1 is 1.33 bits per heavy atom. The van der Waals surface area contributed by atoms with Gasteiger partial charge in [-0.25, -0.2) is 0 Å². The summed E-state index contributed by atoms with van der Waals surface area (Å²) in [5.41, 5.74) is 8.31. The van der Waals surface area contributed by atoms with E-state index in [4.69, 9.17) is 11.1 Å². The third-order valence-electron chi connectivity index (χ3n) is 3.63. The molecule has 1 aromatic carbocycles. The number of nitrogen functional groups attached to an aromatic ring is 1. The molecule has 18 heavy (non-hydrogen) atoms. The maximum atomic E-state index is 7.46. The zero-order chi connectivity index (χ0) is 13.0. The van der Waals surface area contributed by atoms with E-state index in [1.165, 1.54) is 38.3 Å². The van der Waals surface area contributed by atoms with Crippen LogP contribution in [0.15, 0.2) is 16.6 Å². The van der Waals surface area contributed by atoms with Gasteiger partial charge in [0.2, 0.25) is 0 Å². The first kappa shape index (κ1) is 13.4. The first-order valence-corrected chi connectivity index (χ1v) is 7.33. The molecule has 0 saturated heterocycles. The lowest BCUT2D eigenvalue weighted by atomic mass is 9.89. The van der Waals surface area contributed by atoms with E-state index in [1.54, 1.807) is 0 Å². The fraction of sp³-hybridized carbons (Fsp3) is 0.500. The zero-order valence-corrected chi connectivity index (χ0v) is 12.1. The second-order valence-corrected chi connectivity index (χ2v) is 5.90. The van der Waals surface area contributed by atoms with E-state index < -0.39 is 0 Å². The van der Waals surface area contributed by atoms with Crippen molar-refractivity contribution in [2.45, 2.75) is 32.1 Å². The van der Waals surface area contributed by atoms with Crippen molar-refractivity contribution in [2.75, 3.05) is 17.6 Å². The molecule has 0 amide bonds. The maximum Gasteiger partial charge on any atom is 0.0461 e. The zero-order valence-electron chi connectivity index (χ0n) is 10.5. The average molecular weight is 310 g/mol. The highest BCUT2D eigenvalue weighted by molar-refractivity contribution is 9.10. The molecule has 0 unspecified atom stereocenters. The Morgan fingerprint density at radius 2 is 2.06 bits per heavy atom. The normalized spacial score (nSPS) is 16.5. The molecule has 1 aliphatic rings. The van der Waals surface area contributed by atoms with E-state index >= 15 is 0 Å². The summed E-state index contributed by atoms with van der Waals surface area (Å²) in [5.74, 6) is 0.762. The van der Waals surface area contributed by atoms with Crippen LogP contribution in [0.25, 0.3) is 0 Å². The van der Waals surface area contributed by atoms with Crippen molar-refractivity contribution in [3.8, 4) is 0 Å². The number of hydrogen-bond acceptors (Lipinski definition) is 3. The molecular formula is C14H20BrN3. The number of anilines is 2. The fourth-order valence-electron chi connectivity index (χ4n) is 2.59. The summed E-state index contributed by atoms with van der Waals surface area (Å²) in [6.07, 6.45) is 8.04. The Kier molecular flexibility index (Phi) is 4.64. The summed E-state index contributed by atoms with van der Waals surface area (Å²) in [4.78, 5) is 0. The van der Waals surface area contributed by atoms with Crippen molar-refractivity contribution in [1.82, 2.24) is 0 Å². The molecule has 4 heteroatoms. The number of rotatable bonds is 4. The number of benzene rings is 1. The van der Waals surface area contributed by atoms with Gasteiger partial charge in [-0.1, -0.05) is 35.2 Å². The maximum absolute atomic E-state index is 7.46. The number of hydrogen-bond donors (Lipinski definition) is 3. The Hall–Kier alpha value is -1.03. The van der Waals surface area contributed by atoms with Gasteiger partial charge in [0.15, 0.2) is 0 Å². The minimum atomic E-state index is 0.644. The summed E-state index contributed by atoms with van der Waals surface area (Å²) in [6.45, 7) is 0.983. The van der Waals surface area contributed by atoms with Gasteiger partial charge in [-0.15, -0.1) is 0 Å². The molecule has 1 fully saturated rings. The van der Waals surface area contributed by atoms with E-state index in [1.807, 2.05) is 12.1 Å². The SMILES string of the molecule is N=Cc1c(N)cc(Br)cc1NCC1CCCCC1. The molecule has 3 nitrogen and oxygen atoms in total. The third-order valence-corrected chi connectivity index (χ3v) is 4.08. The van der Waals surface area contributed by atoms with Gasteiger partial charge in [-0.3, -0.25) is 0 Å². The molecule has 4 N–H and O–H groups in total. The van der Waals surface area contributed by atoms with Crippen LogP contribution in [0.5, 0.6) is 0 Å². The molecule has 0 aliphatic heterocycles. The van der Waals surface area contributed by atoms with Gasteiger partial charge in [0, 0.05) is 34.2 Å². The molecule has 0 atom stereocenters. The van der Waals surface area contributed by atoms with Gasteiger partial charge in [0.25, 0.3) is 0 Å². The van der Waals surface area contributed by atoms with E-state index in [-0.39, 0.29) is 0 Å². The van der Waals surface area contributed by atoms with Crippen LogP contribution < -0.4 is 11.1 Å². The highest BCUT2D eigenvalue weighted by Gasteiger charge is 2.14. The Bertz CT molecular complexity index is 425. The molecule has 1 aromatic rings. The van der Waals surface area contributed by atoms with Crippen LogP contribution >= 0.6 is 15.9 Å². The fourth-order valence-corrected chi connectivity index (χ4v) is 3.07. The summed E-state index contributed by atoms with van der Waals surface area (Å²) >= 11 is 3.45. The van der Waals surface area contributed by atoms with Crippen molar-refractivity contribution in [2.24, 2.45) is 5.92 Å². The summed E-state index contributed by atoms with van der Waals surface area (Å²) < 4.78 is 0.955. The number of nitrogens with two attached hydrogens (primary N) is 1. The quantitative estimate of drug-likeness (QED) is 0.581. The monoisotopic (exact) mass is 309 g/mol. The standard InChI is InChI=1S/C14H20BrN3/c15-11-6-13(17)12(8-16)14(7-11)18-9-10-4-2-1-3-5-10/h6-8,10,16,18H,1-5,9,17H2. The molecule has 0 bridgehead atoms. The summed E-state index contributed by atoms with van der Waals surface area (Å²) in [7, 11) is 0. The lowest BCUT2D eigenvalue weighted by molar-refractivity contribution is 0.373. The van der Waals surface area contributed by atoms with Gasteiger partial charge < -0.3 is 16.5 Å². The topological polar surface area (TPSA) is 61.9 Å². The molecule has 0 heterocycles. The Morgan fingerprint density at radius 3 is 2.72 bits per heavy atom. The van der Waals surface area contributed by atoms with E-state index in [9.17, 15) is 0 Å². The highest BCUT2D eigenvalue weighted by atomic mass is 79.9. The second kappa shape index (κ2) is 6.23. The molecular weight excluding hydrogens is 290 g/mol. The minimum Gasteiger partial charge on any atom is -0.398 e. The lowest BCUT2D eigenvalue weighted by Crippen LogP contribution is -2.18. The average Bonchev–Trinajstić information content (AvgIpc) is 2.37. The van der Waals surface area contributed by atoms with Crippen LogP contribution in [0.3, 0.4) is 0 Å². The molecule has 0 aromatic heterocycles. The smallest absolute Gasteiger partial charge is 0.0461 e. The highest BCUT2D eigenvalue weighted by Crippen LogP contribution is 2.28. The number of halogens is 1. The predicted molar refractivity (Wildman–Crippen MR) is 81.5 cm³/mol. The van der Waals surface area contributed by atoms with Crippen molar-refractivity contribution < 1.29 is 0 Å². The van der Waals surface area contributed by atoms with Crippen molar-refractivity contribution >= 4 is 33.5 Å². The third kappa shape index (κ3) is 3.25. The van der Waals surface area contributed by atoms with Crippen LogP contribution in [0.2, 0.25) is 0 Å². The van der Waals surface area contributed by atoms with Crippen LogP contribution in [0.1, 0.15) is 37.7 Å². The van der Waals surface area contributed by atoms with E-state index in [0.29, 0.717) is 5.69 Å². The summed E-state index contributed by atoms with van der Waals surface area (Å²) in [6, 6.07) is 3.84. The molecule has 1 aliphatic carbocycles. The van der Waals surface area contributed by atoms with E-state index in [0.717, 1.165) is 28.2 Å². The van der Waals surface area contributed by atoms with Gasteiger partial charge in [-0.05, 0) is 30.9 Å². The van der Waals surface area contributed by atoms with Gasteiger partial charge >= 0.3 is 0 Å². The first-order valence-electron chi connectivity index (χ1n) is 6.54. The predicted octanol–water partition coefficient (Wildman–Crippen LogP) is 4.02. The van der Waals surface area contributed by atoms with Gasteiger partial charge in [0.1, 0.15) is 0 Å². The number of nitrogens with one attached hydrogen (secondary N) is 2. The molecule has 0 radical (unpaired) electrons. The van der Waals surface area contributed by atoms with Crippen LogP contribution in [-0.4, -0.2) is 12.8 Å². The molecule has 1 saturated carbocycles. The van der Waals surface area contributed by atoms with Gasteiger partial charge in [0.05, 0.1) is 0 Å². The lowest BCUT2D eigenvalue weighted by Gasteiger charge is -2.23. The Balaban J connectivity index is 2.05. The first-order chi connectivity index (χ1) is 8.70. The molecule has 0 spiro atoms. The van der Waals surface area contributed by atoms with Crippen molar-refractivity contribution in [3.63, 3.8) is 0 Å². The largest absolute Gasteiger partial charge is 0.398 e. The van der Waals surface area contributed by atoms with Crippen LogP contribution in [0, 0.1) is 11.3 Å². The minimum absolute atomic E-state index is 0.644. The van der Waals surface area contributed by atoms with Gasteiger partial charge in [-0.2, -0.15) is 0 Å². The Labute approximate surface area is 117 Å². The molecule has 98 valence electrons. The van der Waals surface area contributed by atoms with E-state index in [2.05, 4.69) is 21.2 Å². The second-order valence-electron chi connectivity index (χ2n) is 4.99. The molecule has 2 rings (SSSR count). The van der Waals surface area contributed by atoms with Crippen molar-refractivity contribution in [3.05, 3.63) is 22.2 Å².